The fourth-order valence-electron chi connectivity index (χ4n) is 1.79. The maximum Gasteiger partial charge on any atom is 0.309 e. The fraction of sp³-hybridized carbons (Fsp3) is 0.500. The average Bonchev–Trinajstić information content (AvgIpc) is 2.43. The van der Waals surface area contributed by atoms with Crippen LogP contribution in [0.5, 0.6) is 5.75 Å². The van der Waals surface area contributed by atoms with E-state index in [4.69, 9.17) is 9.47 Å². The molecule has 1 N–H and O–H groups in total. The van der Waals surface area contributed by atoms with E-state index in [1.54, 1.807) is 7.11 Å². The number of rotatable bonds is 7. The van der Waals surface area contributed by atoms with Crippen LogP contribution in [0.4, 0.5) is 0 Å². The summed E-state index contributed by atoms with van der Waals surface area (Å²) in [6, 6.07) is 7.84. The molecule has 0 aliphatic rings. The Balaban J connectivity index is 2.47. The van der Waals surface area contributed by atoms with Gasteiger partial charge >= 0.3 is 5.97 Å². The molecular weight excluding hydrogens is 230 g/mol. The van der Waals surface area contributed by atoms with Crippen molar-refractivity contribution < 1.29 is 14.3 Å². The van der Waals surface area contributed by atoms with E-state index >= 15 is 0 Å². The third-order valence-corrected chi connectivity index (χ3v) is 2.93. The van der Waals surface area contributed by atoms with Gasteiger partial charge < -0.3 is 14.8 Å². The molecule has 1 rings (SSSR count). The summed E-state index contributed by atoms with van der Waals surface area (Å²) in [5, 5.41) is 3.26. The molecule has 0 aromatic heterocycles. The molecule has 0 fully saturated rings. The Bertz CT molecular complexity index is 379. The number of benzene rings is 1. The lowest BCUT2D eigenvalue weighted by molar-refractivity contribution is -0.145. The maximum atomic E-state index is 11.4. The van der Waals surface area contributed by atoms with Crippen molar-refractivity contribution in [1.82, 2.24) is 5.32 Å². The van der Waals surface area contributed by atoms with Gasteiger partial charge in [-0.15, -0.1) is 0 Å². The quantitative estimate of drug-likeness (QED) is 0.753. The summed E-state index contributed by atoms with van der Waals surface area (Å²) in [4.78, 5) is 11.4. The van der Waals surface area contributed by atoms with Gasteiger partial charge in [0.25, 0.3) is 0 Å². The Hall–Kier alpha value is -1.55. The third kappa shape index (κ3) is 4.04. The molecule has 100 valence electrons. The summed E-state index contributed by atoms with van der Waals surface area (Å²) >= 11 is 0. The van der Waals surface area contributed by atoms with E-state index < -0.39 is 0 Å². The van der Waals surface area contributed by atoms with Gasteiger partial charge in [0.05, 0.1) is 20.1 Å². The van der Waals surface area contributed by atoms with Gasteiger partial charge in [0.2, 0.25) is 0 Å². The summed E-state index contributed by atoms with van der Waals surface area (Å²) in [7, 11) is 3.08. The molecule has 1 aromatic carbocycles. The minimum Gasteiger partial charge on any atom is -0.496 e. The zero-order chi connectivity index (χ0) is 13.4. The van der Waals surface area contributed by atoms with Gasteiger partial charge in [-0.2, -0.15) is 0 Å². The van der Waals surface area contributed by atoms with Crippen LogP contribution in [0.25, 0.3) is 0 Å². The molecule has 4 heteroatoms. The van der Waals surface area contributed by atoms with Crippen LogP contribution in [0.3, 0.4) is 0 Å². The molecule has 1 atom stereocenters. The predicted octanol–water partition coefficient (Wildman–Crippen LogP) is 1.98. The molecule has 4 nitrogen and oxygen atoms in total. The molecule has 0 aliphatic carbocycles. The smallest absolute Gasteiger partial charge is 0.309 e. The first-order valence-electron chi connectivity index (χ1n) is 6.13. The topological polar surface area (TPSA) is 47.6 Å². The minimum absolute atomic E-state index is 0.0929. The zero-order valence-corrected chi connectivity index (χ0v) is 11.2. The highest BCUT2D eigenvalue weighted by molar-refractivity contribution is 5.72. The number of carbonyl (C=O) groups excluding carboxylic acids is 1. The Labute approximate surface area is 108 Å². The van der Waals surface area contributed by atoms with Gasteiger partial charge in [-0.1, -0.05) is 25.1 Å². The summed E-state index contributed by atoms with van der Waals surface area (Å²) in [6.07, 6.45) is 0.769. The van der Waals surface area contributed by atoms with Gasteiger partial charge in [-0.3, -0.25) is 4.79 Å². The van der Waals surface area contributed by atoms with E-state index in [1.807, 2.05) is 31.2 Å². The van der Waals surface area contributed by atoms with Crippen LogP contribution >= 0.6 is 0 Å². The van der Waals surface area contributed by atoms with Crippen molar-refractivity contribution >= 4 is 5.97 Å². The first kappa shape index (κ1) is 14.5. The average molecular weight is 251 g/mol. The molecular formula is C14H21NO3. The molecule has 0 aliphatic heterocycles. The van der Waals surface area contributed by atoms with E-state index in [-0.39, 0.29) is 11.9 Å². The zero-order valence-electron chi connectivity index (χ0n) is 11.2. The summed E-state index contributed by atoms with van der Waals surface area (Å²) < 4.78 is 10.0. The molecule has 0 saturated heterocycles. The van der Waals surface area contributed by atoms with Crippen molar-refractivity contribution in [2.24, 2.45) is 5.92 Å². The van der Waals surface area contributed by atoms with Crippen LogP contribution in [0, 0.1) is 5.92 Å². The standard InChI is InChI=1S/C14H21NO3/c1-4-11(14(16)18-3)9-15-10-12-7-5-6-8-13(12)17-2/h5-8,11,15H,4,9-10H2,1-3H3. The number of ether oxygens (including phenoxy) is 2. The lowest BCUT2D eigenvalue weighted by Crippen LogP contribution is -2.28. The number of carbonyl (C=O) groups is 1. The molecule has 1 unspecified atom stereocenters. The Morgan fingerprint density at radius 3 is 2.67 bits per heavy atom. The monoisotopic (exact) mass is 251 g/mol. The summed E-state index contributed by atoms with van der Waals surface area (Å²) in [5.74, 6) is 0.603. The molecule has 0 amide bonds. The maximum absolute atomic E-state index is 11.4. The van der Waals surface area contributed by atoms with Gasteiger partial charge in [0.1, 0.15) is 5.75 Å². The number of esters is 1. The second kappa shape index (κ2) is 7.71. The molecule has 0 saturated carbocycles. The minimum atomic E-state index is -0.162. The fourth-order valence-corrected chi connectivity index (χ4v) is 1.79. The van der Waals surface area contributed by atoms with Crippen LogP contribution in [-0.2, 0) is 16.1 Å². The SMILES string of the molecule is CCC(CNCc1ccccc1OC)C(=O)OC. The first-order valence-corrected chi connectivity index (χ1v) is 6.13. The van der Waals surface area contributed by atoms with Crippen LogP contribution < -0.4 is 10.1 Å². The van der Waals surface area contributed by atoms with Crippen LogP contribution in [0.15, 0.2) is 24.3 Å². The number of nitrogens with one attached hydrogen (secondary N) is 1. The molecule has 0 heterocycles. The molecule has 0 spiro atoms. The van der Waals surface area contributed by atoms with E-state index in [9.17, 15) is 4.79 Å². The van der Waals surface area contributed by atoms with Crippen molar-refractivity contribution in [3.8, 4) is 5.75 Å². The molecule has 0 radical (unpaired) electrons. The first-order chi connectivity index (χ1) is 8.72. The lowest BCUT2D eigenvalue weighted by atomic mass is 10.1. The summed E-state index contributed by atoms with van der Waals surface area (Å²) in [5.41, 5.74) is 1.08. The Kier molecular flexibility index (Phi) is 6.22. The lowest BCUT2D eigenvalue weighted by Gasteiger charge is -2.14. The van der Waals surface area contributed by atoms with Gasteiger partial charge in [0, 0.05) is 18.7 Å². The Morgan fingerprint density at radius 1 is 1.33 bits per heavy atom. The van der Waals surface area contributed by atoms with E-state index in [2.05, 4.69) is 5.32 Å². The summed E-state index contributed by atoms with van der Waals surface area (Å²) in [6.45, 7) is 3.27. The van der Waals surface area contributed by atoms with Crippen molar-refractivity contribution in [3.05, 3.63) is 29.8 Å². The highest BCUT2D eigenvalue weighted by Gasteiger charge is 2.16. The van der Waals surface area contributed by atoms with Crippen LogP contribution in [0.1, 0.15) is 18.9 Å². The third-order valence-electron chi connectivity index (χ3n) is 2.93. The normalized spacial score (nSPS) is 11.9. The number of hydrogen-bond acceptors (Lipinski definition) is 4. The van der Waals surface area contributed by atoms with E-state index in [1.165, 1.54) is 7.11 Å². The van der Waals surface area contributed by atoms with E-state index in [0.29, 0.717) is 13.1 Å². The van der Waals surface area contributed by atoms with Crippen molar-refractivity contribution in [2.75, 3.05) is 20.8 Å². The molecule has 0 bridgehead atoms. The number of hydrogen-bond donors (Lipinski definition) is 1. The van der Waals surface area contributed by atoms with Crippen molar-refractivity contribution in [2.45, 2.75) is 19.9 Å². The highest BCUT2D eigenvalue weighted by Crippen LogP contribution is 2.16. The van der Waals surface area contributed by atoms with Gasteiger partial charge in [-0.05, 0) is 12.5 Å². The largest absolute Gasteiger partial charge is 0.496 e. The highest BCUT2D eigenvalue weighted by atomic mass is 16.5. The number of methoxy groups -OCH3 is 2. The van der Waals surface area contributed by atoms with Crippen LogP contribution in [-0.4, -0.2) is 26.7 Å². The Morgan fingerprint density at radius 2 is 2.06 bits per heavy atom. The van der Waals surface area contributed by atoms with Gasteiger partial charge in [0.15, 0.2) is 0 Å². The van der Waals surface area contributed by atoms with Crippen LogP contribution in [0.2, 0.25) is 0 Å². The molecule has 1 aromatic rings. The van der Waals surface area contributed by atoms with Crippen molar-refractivity contribution in [1.29, 1.82) is 0 Å². The van der Waals surface area contributed by atoms with Gasteiger partial charge in [-0.25, -0.2) is 0 Å². The molecule has 18 heavy (non-hydrogen) atoms. The second-order valence-electron chi connectivity index (χ2n) is 4.07. The second-order valence-corrected chi connectivity index (χ2v) is 4.07. The number of para-hydroxylation sites is 1. The van der Waals surface area contributed by atoms with Crippen molar-refractivity contribution in [3.63, 3.8) is 0 Å². The van der Waals surface area contributed by atoms with E-state index in [0.717, 1.165) is 17.7 Å². The predicted molar refractivity (Wildman–Crippen MR) is 70.5 cm³/mol.